The Kier molecular flexibility index (Phi) is 4.97. The smallest absolute Gasteiger partial charge is 0.410 e. The van der Waals surface area contributed by atoms with E-state index in [-0.39, 0.29) is 29.5 Å². The van der Waals surface area contributed by atoms with Crippen molar-refractivity contribution in [2.75, 3.05) is 13.1 Å². The minimum atomic E-state index is -0.559. The molecule has 1 aromatic carbocycles. The van der Waals surface area contributed by atoms with Crippen molar-refractivity contribution in [3.05, 3.63) is 48.0 Å². The molecule has 2 atom stereocenters. The molecule has 1 amide bonds. The first-order chi connectivity index (χ1) is 10.7. The Labute approximate surface area is 136 Å². The van der Waals surface area contributed by atoms with E-state index < -0.39 is 5.60 Å². The number of hydrogen-bond acceptors (Lipinski definition) is 3. The number of carbonyl (C=O) groups is 1. The number of carbonyl (C=O) groups excluding carboxylic acids is 1. The van der Waals surface area contributed by atoms with E-state index in [1.165, 1.54) is 12.1 Å². The first kappa shape index (κ1) is 17.3. The van der Waals surface area contributed by atoms with Crippen molar-refractivity contribution in [2.24, 2.45) is 5.92 Å². The summed E-state index contributed by atoms with van der Waals surface area (Å²) in [5.41, 5.74) is 0.381. The number of ether oxygens (including phenoxy) is 1. The molecule has 2 rings (SSSR count). The van der Waals surface area contributed by atoms with Gasteiger partial charge in [-0.1, -0.05) is 18.7 Å². The Morgan fingerprint density at radius 3 is 2.48 bits per heavy atom. The fourth-order valence-electron chi connectivity index (χ4n) is 2.89. The summed E-state index contributed by atoms with van der Waals surface area (Å²) in [6.07, 6.45) is 0.274. The van der Waals surface area contributed by atoms with E-state index in [1.54, 1.807) is 17.0 Å². The zero-order chi connectivity index (χ0) is 17.2. The van der Waals surface area contributed by atoms with Gasteiger partial charge in [-0.3, -0.25) is 0 Å². The second-order valence-corrected chi connectivity index (χ2v) is 6.97. The molecule has 0 aromatic heterocycles. The van der Waals surface area contributed by atoms with Crippen LogP contribution in [0.3, 0.4) is 0 Å². The average molecular weight is 321 g/mol. The van der Waals surface area contributed by atoms with Gasteiger partial charge in [-0.25, -0.2) is 9.18 Å². The molecule has 1 aliphatic rings. The average Bonchev–Trinajstić information content (AvgIpc) is 2.45. The van der Waals surface area contributed by atoms with Crippen molar-refractivity contribution in [1.29, 1.82) is 0 Å². The SMILES string of the molecule is C=C(O)[C@H]1CN(C(=O)OC(C)(C)C)CCC1c1ccc(F)cc1. The van der Waals surface area contributed by atoms with Crippen LogP contribution in [0.25, 0.3) is 0 Å². The zero-order valence-corrected chi connectivity index (χ0v) is 13.9. The van der Waals surface area contributed by atoms with Gasteiger partial charge in [0.05, 0.1) is 5.76 Å². The van der Waals surface area contributed by atoms with Crippen molar-refractivity contribution >= 4 is 6.09 Å². The number of aliphatic hydroxyl groups is 1. The molecule has 0 radical (unpaired) electrons. The molecule has 1 unspecified atom stereocenters. The van der Waals surface area contributed by atoms with Gasteiger partial charge in [-0.15, -0.1) is 0 Å². The van der Waals surface area contributed by atoms with E-state index >= 15 is 0 Å². The topological polar surface area (TPSA) is 49.8 Å². The van der Waals surface area contributed by atoms with Crippen LogP contribution in [-0.2, 0) is 4.74 Å². The summed E-state index contributed by atoms with van der Waals surface area (Å²) in [6, 6.07) is 6.26. The molecule has 1 aliphatic heterocycles. The lowest BCUT2D eigenvalue weighted by atomic mass is 9.79. The number of piperidine rings is 1. The molecule has 0 bridgehead atoms. The fraction of sp³-hybridized carbons (Fsp3) is 0.500. The van der Waals surface area contributed by atoms with Crippen molar-refractivity contribution in [2.45, 2.75) is 38.7 Å². The maximum Gasteiger partial charge on any atom is 0.410 e. The third-order valence-corrected chi connectivity index (χ3v) is 3.99. The number of amides is 1. The second kappa shape index (κ2) is 6.60. The van der Waals surface area contributed by atoms with Gasteiger partial charge in [-0.2, -0.15) is 0 Å². The van der Waals surface area contributed by atoms with Crippen LogP contribution in [0.4, 0.5) is 9.18 Å². The molecule has 4 nitrogen and oxygen atoms in total. The Bertz CT molecular complexity index is 577. The fourth-order valence-corrected chi connectivity index (χ4v) is 2.89. The maximum absolute atomic E-state index is 13.1. The standard InChI is InChI=1S/C18H24FNO3/c1-12(21)16-11-20(17(22)23-18(2,3)4)10-9-15(16)13-5-7-14(19)8-6-13/h5-8,15-16,21H,1,9-11H2,2-4H3/t15?,16-/m1/s1. The van der Waals surface area contributed by atoms with Gasteiger partial charge in [0.1, 0.15) is 11.4 Å². The van der Waals surface area contributed by atoms with Gasteiger partial charge >= 0.3 is 6.09 Å². The van der Waals surface area contributed by atoms with Crippen LogP contribution in [0.5, 0.6) is 0 Å². The lowest BCUT2D eigenvalue weighted by molar-refractivity contribution is 0.0145. The molecule has 0 saturated carbocycles. The second-order valence-electron chi connectivity index (χ2n) is 6.97. The van der Waals surface area contributed by atoms with Gasteiger partial charge in [0, 0.05) is 19.0 Å². The van der Waals surface area contributed by atoms with Crippen LogP contribution in [0.1, 0.15) is 38.7 Å². The normalized spacial score (nSPS) is 21.8. The van der Waals surface area contributed by atoms with Crippen LogP contribution < -0.4 is 0 Å². The number of hydrogen-bond donors (Lipinski definition) is 1. The highest BCUT2D eigenvalue weighted by molar-refractivity contribution is 5.68. The van der Waals surface area contributed by atoms with Crippen LogP contribution in [0.15, 0.2) is 36.6 Å². The molecule has 1 fully saturated rings. The molecule has 0 aliphatic carbocycles. The Morgan fingerprint density at radius 2 is 1.96 bits per heavy atom. The Hall–Kier alpha value is -2.04. The zero-order valence-electron chi connectivity index (χ0n) is 13.9. The number of likely N-dealkylation sites (tertiary alicyclic amines) is 1. The molecule has 23 heavy (non-hydrogen) atoms. The molecule has 0 spiro atoms. The molecule has 1 N–H and O–H groups in total. The van der Waals surface area contributed by atoms with E-state index in [2.05, 4.69) is 6.58 Å². The first-order valence-electron chi connectivity index (χ1n) is 7.78. The monoisotopic (exact) mass is 321 g/mol. The maximum atomic E-state index is 13.1. The van der Waals surface area contributed by atoms with E-state index in [9.17, 15) is 14.3 Å². The van der Waals surface area contributed by atoms with Gasteiger partial charge in [0.2, 0.25) is 0 Å². The summed E-state index contributed by atoms with van der Waals surface area (Å²) in [5.74, 6) is -0.541. The van der Waals surface area contributed by atoms with E-state index in [0.29, 0.717) is 19.5 Å². The molecule has 1 aromatic rings. The van der Waals surface area contributed by atoms with Crippen LogP contribution in [-0.4, -0.2) is 34.8 Å². The largest absolute Gasteiger partial charge is 0.513 e. The predicted octanol–water partition coefficient (Wildman–Crippen LogP) is 4.24. The number of nitrogens with zero attached hydrogens (tertiary/aromatic N) is 1. The van der Waals surface area contributed by atoms with E-state index in [0.717, 1.165) is 5.56 Å². The van der Waals surface area contributed by atoms with Crippen molar-refractivity contribution in [3.8, 4) is 0 Å². The lowest BCUT2D eigenvalue weighted by Crippen LogP contribution is -2.45. The molecule has 1 heterocycles. The van der Waals surface area contributed by atoms with Gasteiger partial charge < -0.3 is 14.7 Å². The van der Waals surface area contributed by atoms with Gasteiger partial charge in [-0.05, 0) is 50.8 Å². The van der Waals surface area contributed by atoms with Crippen LogP contribution >= 0.6 is 0 Å². The predicted molar refractivity (Wildman–Crippen MR) is 86.8 cm³/mol. The van der Waals surface area contributed by atoms with Gasteiger partial charge in [0.15, 0.2) is 0 Å². The summed E-state index contributed by atoms with van der Waals surface area (Å²) < 4.78 is 18.5. The third kappa shape index (κ3) is 4.47. The van der Waals surface area contributed by atoms with Gasteiger partial charge in [0.25, 0.3) is 0 Å². The third-order valence-electron chi connectivity index (χ3n) is 3.99. The van der Waals surface area contributed by atoms with Crippen molar-refractivity contribution in [3.63, 3.8) is 0 Å². The highest BCUT2D eigenvalue weighted by Gasteiger charge is 2.35. The molecular weight excluding hydrogens is 297 g/mol. The highest BCUT2D eigenvalue weighted by Crippen LogP contribution is 2.36. The quantitative estimate of drug-likeness (QED) is 0.829. The minimum absolute atomic E-state index is 0.00628. The van der Waals surface area contributed by atoms with Crippen LogP contribution in [0.2, 0.25) is 0 Å². The number of benzene rings is 1. The Morgan fingerprint density at radius 1 is 1.35 bits per heavy atom. The van der Waals surface area contributed by atoms with Crippen molar-refractivity contribution < 1.29 is 19.0 Å². The number of aliphatic hydroxyl groups excluding tert-OH is 1. The minimum Gasteiger partial charge on any atom is -0.513 e. The number of halogens is 1. The van der Waals surface area contributed by atoms with Crippen molar-refractivity contribution in [1.82, 2.24) is 4.90 Å². The summed E-state index contributed by atoms with van der Waals surface area (Å²) in [6.45, 7) is 9.97. The first-order valence-corrected chi connectivity index (χ1v) is 7.78. The summed E-state index contributed by atoms with van der Waals surface area (Å²) in [5, 5.41) is 9.95. The highest BCUT2D eigenvalue weighted by atomic mass is 19.1. The molecule has 1 saturated heterocycles. The van der Waals surface area contributed by atoms with E-state index in [4.69, 9.17) is 4.74 Å². The van der Waals surface area contributed by atoms with Crippen LogP contribution in [0, 0.1) is 11.7 Å². The summed E-state index contributed by atoms with van der Waals surface area (Å²) in [7, 11) is 0. The summed E-state index contributed by atoms with van der Waals surface area (Å²) >= 11 is 0. The number of rotatable bonds is 2. The van der Waals surface area contributed by atoms with E-state index in [1.807, 2.05) is 20.8 Å². The lowest BCUT2D eigenvalue weighted by Gasteiger charge is -2.38. The molecular formula is C18H24FNO3. The molecule has 5 heteroatoms. The summed E-state index contributed by atoms with van der Waals surface area (Å²) in [4.78, 5) is 13.8. The molecule has 126 valence electrons. The Balaban J connectivity index is 2.13.